The lowest BCUT2D eigenvalue weighted by Crippen LogP contribution is -2.26. The number of allylic oxidation sites excluding steroid dienone is 4. The molecule has 0 aromatic carbocycles. The molecular weight excluding hydrogens is 172 g/mol. The minimum Gasteiger partial charge on any atom is -0.295 e. The third-order valence-corrected chi connectivity index (χ3v) is 3.11. The molecule has 14 heavy (non-hydrogen) atoms. The molecule has 0 bridgehead atoms. The molecule has 0 amide bonds. The second kappa shape index (κ2) is 4.12. The lowest BCUT2D eigenvalue weighted by Gasteiger charge is -2.36. The van der Waals surface area contributed by atoms with Crippen LogP contribution in [0.3, 0.4) is 0 Å². The average Bonchev–Trinajstić information content (AvgIpc) is 2.01. The summed E-state index contributed by atoms with van der Waals surface area (Å²) < 4.78 is 0. The van der Waals surface area contributed by atoms with Crippen LogP contribution in [0.1, 0.15) is 40.5 Å². The second-order valence-corrected chi connectivity index (χ2v) is 4.92. The van der Waals surface area contributed by atoms with E-state index >= 15 is 0 Å². The zero-order valence-electron chi connectivity index (χ0n) is 9.63. The van der Waals surface area contributed by atoms with Crippen LogP contribution in [-0.4, -0.2) is 5.78 Å². The summed E-state index contributed by atoms with van der Waals surface area (Å²) >= 11 is 0. The van der Waals surface area contributed by atoms with Crippen LogP contribution in [0.4, 0.5) is 0 Å². The molecule has 1 aliphatic carbocycles. The first-order valence-electron chi connectivity index (χ1n) is 5.29. The summed E-state index contributed by atoms with van der Waals surface area (Å²) in [5.74, 6) is 0.569. The zero-order valence-corrected chi connectivity index (χ0v) is 9.63. The monoisotopic (exact) mass is 192 g/mol. The molecule has 0 saturated heterocycles. The Balaban J connectivity index is 2.86. The Hall–Kier alpha value is -0.850. The van der Waals surface area contributed by atoms with Gasteiger partial charge >= 0.3 is 0 Å². The Labute approximate surface area is 86.9 Å². The van der Waals surface area contributed by atoms with Crippen molar-refractivity contribution in [2.24, 2.45) is 11.3 Å². The number of rotatable bonds is 2. The van der Waals surface area contributed by atoms with Gasteiger partial charge in [0, 0.05) is 5.92 Å². The summed E-state index contributed by atoms with van der Waals surface area (Å²) in [6.07, 6.45) is 8.43. The van der Waals surface area contributed by atoms with E-state index in [1.54, 1.807) is 13.0 Å². The topological polar surface area (TPSA) is 17.1 Å². The van der Waals surface area contributed by atoms with Gasteiger partial charge in [0.1, 0.15) is 0 Å². The van der Waals surface area contributed by atoms with Gasteiger partial charge in [0.05, 0.1) is 0 Å². The van der Waals surface area contributed by atoms with Crippen LogP contribution >= 0.6 is 0 Å². The van der Waals surface area contributed by atoms with Crippen molar-refractivity contribution < 1.29 is 4.79 Å². The van der Waals surface area contributed by atoms with Crippen molar-refractivity contribution in [1.29, 1.82) is 0 Å². The molecule has 1 aliphatic rings. The van der Waals surface area contributed by atoms with Crippen molar-refractivity contribution in [1.82, 2.24) is 0 Å². The Morgan fingerprint density at radius 3 is 2.71 bits per heavy atom. The molecule has 0 spiro atoms. The molecule has 0 N–H and O–H groups in total. The highest BCUT2D eigenvalue weighted by Gasteiger charge is 2.30. The van der Waals surface area contributed by atoms with Gasteiger partial charge in [0.25, 0.3) is 0 Å². The molecule has 0 fully saturated rings. The van der Waals surface area contributed by atoms with Crippen LogP contribution in [0.5, 0.6) is 0 Å². The first-order chi connectivity index (χ1) is 6.43. The van der Waals surface area contributed by atoms with Crippen LogP contribution in [0, 0.1) is 11.3 Å². The Kier molecular flexibility index (Phi) is 3.30. The van der Waals surface area contributed by atoms with E-state index in [0.29, 0.717) is 11.3 Å². The third kappa shape index (κ3) is 2.57. The summed E-state index contributed by atoms with van der Waals surface area (Å²) in [7, 11) is 0. The zero-order chi connectivity index (χ0) is 10.8. The summed E-state index contributed by atoms with van der Waals surface area (Å²) in [4.78, 5) is 10.9. The molecular formula is C13H20O. The van der Waals surface area contributed by atoms with Crippen LogP contribution in [-0.2, 0) is 4.79 Å². The van der Waals surface area contributed by atoms with Gasteiger partial charge < -0.3 is 0 Å². The summed E-state index contributed by atoms with van der Waals surface area (Å²) in [6, 6.07) is 0. The van der Waals surface area contributed by atoms with E-state index in [4.69, 9.17) is 0 Å². The minimum absolute atomic E-state index is 0.138. The maximum atomic E-state index is 10.9. The lowest BCUT2D eigenvalue weighted by atomic mass is 9.68. The predicted octanol–water partition coefficient (Wildman–Crippen LogP) is 3.51. The standard InChI is InChI=1S/C13H20O/c1-10-6-5-9-13(3,4)12(10)8-7-11(2)14/h6-8,12H,5,9H2,1-4H3/b8-7+. The summed E-state index contributed by atoms with van der Waals surface area (Å²) in [5, 5.41) is 0. The predicted molar refractivity (Wildman–Crippen MR) is 60.1 cm³/mol. The third-order valence-electron chi connectivity index (χ3n) is 3.11. The Morgan fingerprint density at radius 2 is 2.21 bits per heavy atom. The van der Waals surface area contributed by atoms with Crippen molar-refractivity contribution in [3.8, 4) is 0 Å². The van der Waals surface area contributed by atoms with Gasteiger partial charge in [-0.1, -0.05) is 31.6 Å². The van der Waals surface area contributed by atoms with Gasteiger partial charge in [0.2, 0.25) is 0 Å². The van der Waals surface area contributed by atoms with E-state index in [9.17, 15) is 4.79 Å². The van der Waals surface area contributed by atoms with Crippen LogP contribution in [0.25, 0.3) is 0 Å². The largest absolute Gasteiger partial charge is 0.295 e. The van der Waals surface area contributed by atoms with Gasteiger partial charge in [-0.25, -0.2) is 0 Å². The summed E-state index contributed by atoms with van der Waals surface area (Å²) in [6.45, 7) is 8.32. The van der Waals surface area contributed by atoms with Crippen molar-refractivity contribution in [2.75, 3.05) is 0 Å². The molecule has 1 atom stereocenters. The highest BCUT2D eigenvalue weighted by Crippen LogP contribution is 2.41. The second-order valence-electron chi connectivity index (χ2n) is 4.92. The summed E-state index contributed by atoms with van der Waals surface area (Å²) in [5.41, 5.74) is 1.70. The van der Waals surface area contributed by atoms with Crippen molar-refractivity contribution in [3.63, 3.8) is 0 Å². The Bertz CT molecular complexity index is 282. The SMILES string of the molecule is CC(=O)/C=C/C1C(C)=CCCC1(C)C. The molecule has 0 heterocycles. The van der Waals surface area contributed by atoms with E-state index in [-0.39, 0.29) is 5.78 Å². The fourth-order valence-electron chi connectivity index (χ4n) is 2.21. The molecule has 0 aromatic heterocycles. The lowest BCUT2D eigenvalue weighted by molar-refractivity contribution is -0.112. The van der Waals surface area contributed by atoms with Crippen LogP contribution in [0.15, 0.2) is 23.8 Å². The molecule has 1 nitrogen and oxygen atoms in total. The molecule has 1 unspecified atom stereocenters. The molecule has 0 aliphatic heterocycles. The molecule has 78 valence electrons. The minimum atomic E-state index is 0.138. The number of ketones is 1. The fourth-order valence-corrected chi connectivity index (χ4v) is 2.21. The van der Waals surface area contributed by atoms with E-state index < -0.39 is 0 Å². The highest BCUT2D eigenvalue weighted by molar-refractivity contribution is 5.87. The van der Waals surface area contributed by atoms with E-state index in [0.717, 1.165) is 0 Å². The van der Waals surface area contributed by atoms with Crippen molar-refractivity contribution in [3.05, 3.63) is 23.8 Å². The van der Waals surface area contributed by atoms with E-state index in [2.05, 4.69) is 32.9 Å². The van der Waals surface area contributed by atoms with Crippen molar-refractivity contribution >= 4 is 5.78 Å². The molecule has 1 rings (SSSR count). The Morgan fingerprint density at radius 1 is 1.57 bits per heavy atom. The smallest absolute Gasteiger partial charge is 0.152 e. The molecule has 0 aromatic rings. The quantitative estimate of drug-likeness (QED) is 0.483. The number of carbonyl (C=O) groups is 1. The maximum absolute atomic E-state index is 10.9. The van der Waals surface area contributed by atoms with Gasteiger partial charge in [0.15, 0.2) is 5.78 Å². The average molecular weight is 192 g/mol. The van der Waals surface area contributed by atoms with E-state index in [1.165, 1.54) is 18.4 Å². The first kappa shape index (κ1) is 11.2. The van der Waals surface area contributed by atoms with Gasteiger partial charge in [-0.05, 0) is 38.2 Å². The normalized spacial score (nSPS) is 26.3. The van der Waals surface area contributed by atoms with Crippen LogP contribution in [0.2, 0.25) is 0 Å². The number of carbonyl (C=O) groups excluding carboxylic acids is 1. The molecule has 0 saturated carbocycles. The van der Waals surface area contributed by atoms with Gasteiger partial charge in [-0.2, -0.15) is 0 Å². The fraction of sp³-hybridized carbons (Fsp3) is 0.615. The number of hydrogen-bond acceptors (Lipinski definition) is 1. The maximum Gasteiger partial charge on any atom is 0.152 e. The first-order valence-corrected chi connectivity index (χ1v) is 5.29. The van der Waals surface area contributed by atoms with Crippen LogP contribution < -0.4 is 0 Å². The number of hydrogen-bond donors (Lipinski definition) is 0. The van der Waals surface area contributed by atoms with E-state index in [1.807, 2.05) is 0 Å². The van der Waals surface area contributed by atoms with Gasteiger partial charge in [-0.15, -0.1) is 0 Å². The highest BCUT2D eigenvalue weighted by atomic mass is 16.1. The van der Waals surface area contributed by atoms with Crippen molar-refractivity contribution in [2.45, 2.75) is 40.5 Å². The van der Waals surface area contributed by atoms with Gasteiger partial charge in [-0.3, -0.25) is 4.79 Å². The molecule has 1 heteroatoms. The molecule has 0 radical (unpaired) electrons.